The van der Waals surface area contributed by atoms with E-state index < -0.39 is 6.04 Å². The summed E-state index contributed by atoms with van der Waals surface area (Å²) in [5, 5.41) is 2.91. The van der Waals surface area contributed by atoms with E-state index in [1.807, 2.05) is 42.6 Å². The number of nitrogens with one attached hydrogen (secondary N) is 1. The molecule has 2 aromatic rings. The van der Waals surface area contributed by atoms with Crippen LogP contribution in [0, 0.1) is 0 Å². The van der Waals surface area contributed by atoms with Crippen molar-refractivity contribution in [2.45, 2.75) is 44.7 Å². The standard InChI is InChI=1S/C21H28N4O.2ClH/c22-19(14-17-8-4-3-5-9-17)21(26)24-16-18-10-11-20(23-15-18)25-12-6-1-2-7-13-25;;/h3-5,8-11,15,19H,1-2,6-7,12-14,16,22H2,(H,24,26);2*1H. The van der Waals surface area contributed by atoms with Gasteiger partial charge < -0.3 is 16.0 Å². The summed E-state index contributed by atoms with van der Waals surface area (Å²) in [5.74, 6) is 0.896. The summed E-state index contributed by atoms with van der Waals surface area (Å²) >= 11 is 0. The molecule has 1 aliphatic rings. The molecule has 1 amide bonds. The van der Waals surface area contributed by atoms with Crippen LogP contribution in [0.1, 0.15) is 36.8 Å². The number of nitrogens with zero attached hydrogens (tertiary/aromatic N) is 2. The summed E-state index contributed by atoms with van der Waals surface area (Å²) < 4.78 is 0. The van der Waals surface area contributed by atoms with Gasteiger partial charge in [-0.15, -0.1) is 24.8 Å². The number of carbonyl (C=O) groups is 1. The monoisotopic (exact) mass is 424 g/mol. The first-order valence-corrected chi connectivity index (χ1v) is 9.49. The molecule has 0 saturated carbocycles. The van der Waals surface area contributed by atoms with Gasteiger partial charge in [0.05, 0.1) is 6.04 Å². The minimum atomic E-state index is -0.540. The highest BCUT2D eigenvalue weighted by molar-refractivity contribution is 5.85. The zero-order valence-corrected chi connectivity index (χ0v) is 17.7. The fraction of sp³-hybridized carbons (Fsp3) is 0.429. The molecule has 5 nitrogen and oxygen atoms in total. The predicted octanol–water partition coefficient (Wildman–Crippen LogP) is 3.49. The van der Waals surface area contributed by atoms with Gasteiger partial charge in [0, 0.05) is 25.8 Å². The average molecular weight is 425 g/mol. The van der Waals surface area contributed by atoms with Crippen molar-refractivity contribution in [1.82, 2.24) is 10.3 Å². The highest BCUT2D eigenvalue weighted by Gasteiger charge is 2.14. The Morgan fingerprint density at radius 3 is 2.29 bits per heavy atom. The fourth-order valence-corrected chi connectivity index (χ4v) is 3.29. The van der Waals surface area contributed by atoms with Crippen LogP contribution >= 0.6 is 24.8 Å². The zero-order chi connectivity index (χ0) is 18.2. The minimum absolute atomic E-state index is 0. The quantitative estimate of drug-likeness (QED) is 0.743. The van der Waals surface area contributed by atoms with Gasteiger partial charge in [-0.1, -0.05) is 49.2 Å². The van der Waals surface area contributed by atoms with E-state index in [9.17, 15) is 4.79 Å². The Morgan fingerprint density at radius 2 is 1.68 bits per heavy atom. The minimum Gasteiger partial charge on any atom is -0.357 e. The van der Waals surface area contributed by atoms with E-state index in [0.29, 0.717) is 13.0 Å². The highest BCUT2D eigenvalue weighted by Crippen LogP contribution is 2.17. The summed E-state index contributed by atoms with van der Waals surface area (Å²) in [7, 11) is 0. The van der Waals surface area contributed by atoms with Crippen LogP contribution in [0.5, 0.6) is 0 Å². The van der Waals surface area contributed by atoms with Crippen molar-refractivity contribution in [3.63, 3.8) is 0 Å². The van der Waals surface area contributed by atoms with Crippen molar-refractivity contribution in [2.24, 2.45) is 5.73 Å². The van der Waals surface area contributed by atoms with E-state index in [0.717, 1.165) is 30.0 Å². The normalized spacial score (nSPS) is 14.8. The Morgan fingerprint density at radius 1 is 1.00 bits per heavy atom. The van der Waals surface area contributed by atoms with E-state index in [1.165, 1.54) is 25.7 Å². The molecule has 1 aromatic heterocycles. The molecule has 0 spiro atoms. The first-order valence-electron chi connectivity index (χ1n) is 9.49. The molecule has 1 aliphatic heterocycles. The van der Waals surface area contributed by atoms with Gasteiger partial charge in [-0.3, -0.25) is 4.79 Å². The van der Waals surface area contributed by atoms with Crippen molar-refractivity contribution < 1.29 is 4.79 Å². The van der Waals surface area contributed by atoms with Crippen molar-refractivity contribution in [3.8, 4) is 0 Å². The van der Waals surface area contributed by atoms with Crippen LogP contribution in [0.4, 0.5) is 5.82 Å². The molecule has 1 fully saturated rings. The van der Waals surface area contributed by atoms with E-state index in [1.54, 1.807) is 0 Å². The maximum absolute atomic E-state index is 12.2. The smallest absolute Gasteiger partial charge is 0.237 e. The van der Waals surface area contributed by atoms with Gasteiger partial charge in [0.25, 0.3) is 0 Å². The lowest BCUT2D eigenvalue weighted by Crippen LogP contribution is -2.41. The van der Waals surface area contributed by atoms with Crippen molar-refractivity contribution in [2.75, 3.05) is 18.0 Å². The lowest BCUT2D eigenvalue weighted by Gasteiger charge is -2.21. The topological polar surface area (TPSA) is 71.2 Å². The third kappa shape index (κ3) is 7.30. The fourth-order valence-electron chi connectivity index (χ4n) is 3.29. The van der Waals surface area contributed by atoms with E-state index in [4.69, 9.17) is 5.73 Å². The lowest BCUT2D eigenvalue weighted by atomic mass is 10.1. The van der Waals surface area contributed by atoms with Crippen LogP contribution < -0.4 is 16.0 Å². The maximum atomic E-state index is 12.2. The van der Waals surface area contributed by atoms with Crippen molar-refractivity contribution in [3.05, 3.63) is 59.8 Å². The molecule has 0 bridgehead atoms. The number of hydrogen-bond donors (Lipinski definition) is 2. The number of halogens is 2. The first-order chi connectivity index (χ1) is 12.7. The third-order valence-corrected chi connectivity index (χ3v) is 4.84. The number of anilines is 1. The molecule has 0 radical (unpaired) electrons. The summed E-state index contributed by atoms with van der Waals surface area (Å²) in [5.41, 5.74) is 8.07. The molecule has 1 atom stereocenters. The van der Waals surface area contributed by atoms with Gasteiger partial charge in [-0.2, -0.15) is 0 Å². The van der Waals surface area contributed by atoms with Crippen LogP contribution in [0.15, 0.2) is 48.7 Å². The SMILES string of the molecule is Cl.Cl.NC(Cc1ccccc1)C(=O)NCc1ccc(N2CCCCCC2)nc1. The highest BCUT2D eigenvalue weighted by atomic mass is 35.5. The molecular weight excluding hydrogens is 395 g/mol. The number of amides is 1. The molecule has 1 aromatic carbocycles. The molecule has 1 saturated heterocycles. The van der Waals surface area contributed by atoms with Crippen LogP contribution in [0.25, 0.3) is 0 Å². The number of carbonyl (C=O) groups excluding carboxylic acids is 1. The summed E-state index contributed by atoms with van der Waals surface area (Å²) in [6.07, 6.45) is 7.48. The molecule has 3 rings (SSSR count). The second-order valence-electron chi connectivity index (χ2n) is 6.94. The Hall–Kier alpha value is -1.82. The zero-order valence-electron chi connectivity index (χ0n) is 16.0. The van der Waals surface area contributed by atoms with Gasteiger partial charge in [-0.25, -0.2) is 4.98 Å². The van der Waals surface area contributed by atoms with Crippen LogP contribution in [-0.4, -0.2) is 30.0 Å². The van der Waals surface area contributed by atoms with Crippen molar-refractivity contribution in [1.29, 1.82) is 0 Å². The Labute approximate surface area is 179 Å². The molecule has 0 aliphatic carbocycles. The summed E-state index contributed by atoms with van der Waals surface area (Å²) in [6, 6.07) is 13.4. The van der Waals surface area contributed by atoms with Gasteiger partial charge in [0.15, 0.2) is 0 Å². The van der Waals surface area contributed by atoms with E-state index >= 15 is 0 Å². The van der Waals surface area contributed by atoms with Gasteiger partial charge >= 0.3 is 0 Å². The third-order valence-electron chi connectivity index (χ3n) is 4.84. The molecule has 2 heterocycles. The molecular formula is C21H30Cl2N4O. The van der Waals surface area contributed by atoms with Crippen LogP contribution in [0.2, 0.25) is 0 Å². The van der Waals surface area contributed by atoms with E-state index in [2.05, 4.69) is 21.3 Å². The molecule has 7 heteroatoms. The molecule has 1 unspecified atom stereocenters. The molecule has 28 heavy (non-hydrogen) atoms. The molecule has 154 valence electrons. The molecule has 3 N–H and O–H groups in total. The Kier molecular flexibility index (Phi) is 10.9. The number of benzene rings is 1. The number of aromatic nitrogens is 1. The van der Waals surface area contributed by atoms with Gasteiger partial charge in [0.1, 0.15) is 5.82 Å². The largest absolute Gasteiger partial charge is 0.357 e. The second kappa shape index (κ2) is 12.6. The summed E-state index contributed by atoms with van der Waals surface area (Å²) in [4.78, 5) is 19.1. The first kappa shape index (κ1) is 24.2. The number of rotatable bonds is 6. The second-order valence-corrected chi connectivity index (χ2v) is 6.94. The van der Waals surface area contributed by atoms with Gasteiger partial charge in [0.2, 0.25) is 5.91 Å². The maximum Gasteiger partial charge on any atom is 0.237 e. The lowest BCUT2D eigenvalue weighted by molar-refractivity contribution is -0.122. The average Bonchev–Trinajstić information content (AvgIpc) is 2.97. The Balaban J connectivity index is 0.00000196. The predicted molar refractivity (Wildman–Crippen MR) is 119 cm³/mol. The van der Waals surface area contributed by atoms with E-state index in [-0.39, 0.29) is 30.7 Å². The number of hydrogen-bond acceptors (Lipinski definition) is 4. The Bertz CT molecular complexity index is 689. The van der Waals surface area contributed by atoms with Crippen LogP contribution in [-0.2, 0) is 17.8 Å². The number of pyridine rings is 1. The van der Waals surface area contributed by atoms with Crippen LogP contribution in [0.3, 0.4) is 0 Å². The number of nitrogens with two attached hydrogens (primary N) is 1. The van der Waals surface area contributed by atoms with Crippen molar-refractivity contribution >= 4 is 36.5 Å². The summed E-state index contributed by atoms with van der Waals surface area (Å²) in [6.45, 7) is 2.61. The van der Waals surface area contributed by atoms with Gasteiger partial charge in [-0.05, 0) is 36.5 Å².